The molecule has 1 aliphatic rings. The molecule has 2 aromatic heterocycles. The fraction of sp³-hybridized carbons (Fsp3) is 0.200. The van der Waals surface area contributed by atoms with Crippen LogP contribution in [0, 0.1) is 0 Å². The lowest BCUT2D eigenvalue weighted by molar-refractivity contribution is 0.458. The minimum Gasteiger partial charge on any atom is -0.308 e. The third kappa shape index (κ3) is 2.09. The molecule has 0 radical (unpaired) electrons. The van der Waals surface area contributed by atoms with Crippen molar-refractivity contribution in [3.05, 3.63) is 60.2 Å². The van der Waals surface area contributed by atoms with E-state index in [4.69, 9.17) is 0 Å². The fourth-order valence-corrected chi connectivity index (χ4v) is 2.71. The van der Waals surface area contributed by atoms with Gasteiger partial charge in [0, 0.05) is 18.7 Å². The molecule has 0 aliphatic carbocycles. The number of hydrogen-bond acceptors (Lipinski definition) is 5. The highest BCUT2D eigenvalue weighted by molar-refractivity contribution is 5.53. The molecule has 0 fully saturated rings. The molecule has 21 heavy (non-hydrogen) atoms. The van der Waals surface area contributed by atoms with E-state index in [-0.39, 0.29) is 6.04 Å². The Labute approximate surface area is 121 Å². The van der Waals surface area contributed by atoms with Crippen molar-refractivity contribution < 1.29 is 0 Å². The van der Waals surface area contributed by atoms with Crippen molar-refractivity contribution in [2.45, 2.75) is 12.6 Å². The van der Waals surface area contributed by atoms with Crippen LogP contribution in [0.15, 0.2) is 48.8 Å². The van der Waals surface area contributed by atoms with E-state index in [2.05, 4.69) is 42.4 Å². The van der Waals surface area contributed by atoms with E-state index >= 15 is 0 Å². The Morgan fingerprint density at radius 3 is 2.76 bits per heavy atom. The maximum Gasteiger partial charge on any atom is 0.165 e. The van der Waals surface area contributed by atoms with Gasteiger partial charge in [-0.05, 0) is 11.6 Å². The van der Waals surface area contributed by atoms with Crippen LogP contribution in [0.25, 0.3) is 11.4 Å². The van der Waals surface area contributed by atoms with Crippen LogP contribution in [0.3, 0.4) is 0 Å². The summed E-state index contributed by atoms with van der Waals surface area (Å²) in [7, 11) is 0. The summed E-state index contributed by atoms with van der Waals surface area (Å²) >= 11 is 0. The normalized spacial score (nSPS) is 17.4. The largest absolute Gasteiger partial charge is 0.308 e. The van der Waals surface area contributed by atoms with Gasteiger partial charge in [0.05, 0.1) is 18.4 Å². The van der Waals surface area contributed by atoms with E-state index in [1.165, 1.54) is 5.56 Å². The van der Waals surface area contributed by atoms with Gasteiger partial charge in [-0.3, -0.25) is 0 Å². The fourth-order valence-electron chi connectivity index (χ4n) is 2.71. The smallest absolute Gasteiger partial charge is 0.165 e. The first-order chi connectivity index (χ1) is 10.4. The van der Waals surface area contributed by atoms with Crippen molar-refractivity contribution in [2.75, 3.05) is 6.54 Å². The zero-order chi connectivity index (χ0) is 14.1. The molecule has 1 N–H and O–H groups in total. The number of benzene rings is 1. The van der Waals surface area contributed by atoms with Crippen molar-refractivity contribution in [1.82, 2.24) is 30.3 Å². The van der Waals surface area contributed by atoms with Gasteiger partial charge < -0.3 is 9.88 Å². The number of hydrogen-bond donors (Lipinski definition) is 1. The number of fused-ring (bicyclic) bond motifs is 1. The highest BCUT2D eigenvalue weighted by atomic mass is 15.3. The van der Waals surface area contributed by atoms with Gasteiger partial charge in [0.25, 0.3) is 0 Å². The molecule has 1 atom stereocenters. The van der Waals surface area contributed by atoms with Crippen molar-refractivity contribution in [1.29, 1.82) is 0 Å². The molecule has 3 heterocycles. The Balaban J connectivity index is 1.79. The molecule has 0 saturated carbocycles. The second kappa shape index (κ2) is 5.06. The molecule has 6 nitrogen and oxygen atoms in total. The monoisotopic (exact) mass is 278 g/mol. The second-order valence-corrected chi connectivity index (χ2v) is 4.96. The van der Waals surface area contributed by atoms with E-state index < -0.39 is 0 Å². The van der Waals surface area contributed by atoms with Crippen LogP contribution in [0.2, 0.25) is 0 Å². The van der Waals surface area contributed by atoms with Crippen molar-refractivity contribution >= 4 is 0 Å². The van der Waals surface area contributed by atoms with Gasteiger partial charge in [-0.2, -0.15) is 10.2 Å². The van der Waals surface area contributed by atoms with Crippen LogP contribution in [0.1, 0.15) is 17.4 Å². The van der Waals surface area contributed by atoms with E-state index in [0.717, 1.165) is 30.3 Å². The van der Waals surface area contributed by atoms with Crippen LogP contribution in [-0.2, 0) is 6.54 Å². The number of rotatable bonds is 2. The standard InChI is InChI=1S/C15H14N6/c1-2-4-11(5-3-1)13-15-20-19-14(21(15)9-8-16-13)12-6-7-17-18-10-12/h1-7,10,13,16H,8-9H2. The summed E-state index contributed by atoms with van der Waals surface area (Å²) in [5.74, 6) is 1.79. The Morgan fingerprint density at radius 1 is 1.05 bits per heavy atom. The Bertz CT molecular complexity index is 737. The first-order valence-electron chi connectivity index (χ1n) is 6.92. The SMILES string of the molecule is c1ccc(C2NCCn3c(-c4ccnnc4)nnc32)cc1. The molecule has 1 unspecified atom stereocenters. The van der Waals surface area contributed by atoms with E-state index in [9.17, 15) is 0 Å². The lowest BCUT2D eigenvalue weighted by Crippen LogP contribution is -2.34. The van der Waals surface area contributed by atoms with Gasteiger partial charge in [0.1, 0.15) is 0 Å². The molecular weight excluding hydrogens is 264 g/mol. The third-order valence-electron chi connectivity index (χ3n) is 3.70. The summed E-state index contributed by atoms with van der Waals surface area (Å²) in [6.07, 6.45) is 3.39. The summed E-state index contributed by atoms with van der Waals surface area (Å²) in [6, 6.07) is 12.3. The van der Waals surface area contributed by atoms with Crippen molar-refractivity contribution in [3.8, 4) is 11.4 Å². The zero-order valence-corrected chi connectivity index (χ0v) is 11.3. The Kier molecular flexibility index (Phi) is 2.93. The summed E-state index contributed by atoms with van der Waals surface area (Å²) in [5, 5.41) is 20.0. The quantitative estimate of drug-likeness (QED) is 0.768. The van der Waals surface area contributed by atoms with E-state index in [1.54, 1.807) is 12.4 Å². The van der Waals surface area contributed by atoms with Gasteiger partial charge in [-0.15, -0.1) is 10.2 Å². The first-order valence-corrected chi connectivity index (χ1v) is 6.92. The topological polar surface area (TPSA) is 68.5 Å². The van der Waals surface area contributed by atoms with Gasteiger partial charge in [-0.1, -0.05) is 30.3 Å². The second-order valence-electron chi connectivity index (χ2n) is 4.96. The van der Waals surface area contributed by atoms with Crippen LogP contribution < -0.4 is 5.32 Å². The average molecular weight is 278 g/mol. The highest BCUT2D eigenvalue weighted by Gasteiger charge is 2.26. The molecule has 0 bridgehead atoms. The molecule has 0 saturated heterocycles. The zero-order valence-electron chi connectivity index (χ0n) is 11.3. The van der Waals surface area contributed by atoms with Gasteiger partial charge in [0.15, 0.2) is 11.6 Å². The summed E-state index contributed by atoms with van der Waals surface area (Å²) in [6.45, 7) is 1.74. The van der Waals surface area contributed by atoms with Crippen molar-refractivity contribution in [3.63, 3.8) is 0 Å². The molecule has 1 aromatic carbocycles. The average Bonchev–Trinajstić information content (AvgIpc) is 3.00. The lowest BCUT2D eigenvalue weighted by atomic mass is 10.0. The van der Waals surface area contributed by atoms with Crippen LogP contribution in [0.5, 0.6) is 0 Å². The van der Waals surface area contributed by atoms with E-state index in [1.807, 2.05) is 24.3 Å². The number of nitrogens with zero attached hydrogens (tertiary/aromatic N) is 5. The van der Waals surface area contributed by atoms with Crippen LogP contribution in [0.4, 0.5) is 0 Å². The number of aromatic nitrogens is 5. The molecule has 0 spiro atoms. The third-order valence-corrected chi connectivity index (χ3v) is 3.70. The summed E-state index contributed by atoms with van der Waals surface area (Å²) in [4.78, 5) is 0. The Hall–Kier alpha value is -2.60. The predicted molar refractivity (Wildman–Crippen MR) is 77.3 cm³/mol. The van der Waals surface area contributed by atoms with Gasteiger partial charge in [-0.25, -0.2) is 0 Å². The van der Waals surface area contributed by atoms with E-state index in [0.29, 0.717) is 0 Å². The summed E-state index contributed by atoms with van der Waals surface area (Å²) in [5.41, 5.74) is 2.14. The molecule has 104 valence electrons. The molecule has 4 rings (SSSR count). The molecule has 0 amide bonds. The maximum absolute atomic E-state index is 4.39. The minimum atomic E-state index is 0.0796. The molecular formula is C15H14N6. The maximum atomic E-state index is 4.39. The molecule has 1 aliphatic heterocycles. The highest BCUT2D eigenvalue weighted by Crippen LogP contribution is 2.27. The molecule has 3 aromatic rings. The van der Waals surface area contributed by atoms with Crippen LogP contribution >= 0.6 is 0 Å². The van der Waals surface area contributed by atoms with Crippen molar-refractivity contribution in [2.24, 2.45) is 0 Å². The lowest BCUT2D eigenvalue weighted by Gasteiger charge is -2.25. The van der Waals surface area contributed by atoms with Gasteiger partial charge >= 0.3 is 0 Å². The first kappa shape index (κ1) is 12.2. The van der Waals surface area contributed by atoms with Gasteiger partial charge in [0.2, 0.25) is 0 Å². The minimum absolute atomic E-state index is 0.0796. The predicted octanol–water partition coefficient (Wildman–Crippen LogP) is 1.43. The summed E-state index contributed by atoms with van der Waals surface area (Å²) < 4.78 is 2.16. The van der Waals surface area contributed by atoms with Crippen LogP contribution in [-0.4, -0.2) is 31.5 Å². The Morgan fingerprint density at radius 2 is 1.95 bits per heavy atom. The number of nitrogens with one attached hydrogen (secondary N) is 1. The molecule has 6 heteroatoms.